The number of hydrogen-bond donors (Lipinski definition) is 2. The minimum absolute atomic E-state index is 0.250. The molecule has 0 fully saturated rings. The maximum Gasteiger partial charge on any atom is 0.290 e. The van der Waals surface area contributed by atoms with E-state index < -0.39 is 10.0 Å². The lowest BCUT2D eigenvalue weighted by molar-refractivity contribution is -0.122. The fourth-order valence-electron chi connectivity index (χ4n) is 3.17. The Labute approximate surface area is 156 Å². The van der Waals surface area contributed by atoms with Crippen molar-refractivity contribution in [3.8, 4) is 5.75 Å². The topological polar surface area (TPSA) is 125 Å². The Morgan fingerprint density at radius 3 is 2.81 bits per heavy atom. The molecule has 0 spiro atoms. The van der Waals surface area contributed by atoms with Gasteiger partial charge in [-0.05, 0) is 42.8 Å². The van der Waals surface area contributed by atoms with Gasteiger partial charge >= 0.3 is 0 Å². The number of rotatable bonds is 4. The fourth-order valence-corrected chi connectivity index (χ4v) is 4.82. The van der Waals surface area contributed by atoms with Crippen LogP contribution in [0.1, 0.15) is 11.1 Å². The second-order valence-electron chi connectivity index (χ2n) is 5.80. The highest BCUT2D eigenvalue weighted by Crippen LogP contribution is 2.33. The first-order valence-electron chi connectivity index (χ1n) is 8.27. The number of nitrogens with zero attached hydrogens (tertiary/aromatic N) is 2. The van der Waals surface area contributed by atoms with Gasteiger partial charge in [-0.2, -0.15) is 0 Å². The normalized spacial score (nSPS) is 12.8. The summed E-state index contributed by atoms with van der Waals surface area (Å²) in [6.45, 7) is 0.693. The van der Waals surface area contributed by atoms with E-state index in [-0.39, 0.29) is 11.4 Å². The third-order valence-corrected chi connectivity index (χ3v) is 6.01. The summed E-state index contributed by atoms with van der Waals surface area (Å²) in [6, 6.07) is 8.64. The first-order chi connectivity index (χ1) is 13.0. The summed E-state index contributed by atoms with van der Waals surface area (Å²) >= 11 is 0. The van der Waals surface area contributed by atoms with Crippen LogP contribution in [0.15, 0.2) is 47.6 Å². The van der Waals surface area contributed by atoms with Gasteiger partial charge in [-0.3, -0.25) is 9.78 Å². The molecule has 0 atom stereocenters. The van der Waals surface area contributed by atoms with E-state index in [2.05, 4.69) is 4.98 Å². The van der Waals surface area contributed by atoms with Gasteiger partial charge in [0.1, 0.15) is 5.75 Å². The summed E-state index contributed by atoms with van der Waals surface area (Å²) in [6.07, 6.45) is 4.46. The van der Waals surface area contributed by atoms with E-state index in [9.17, 15) is 8.42 Å². The van der Waals surface area contributed by atoms with Crippen LogP contribution in [-0.4, -0.2) is 42.1 Å². The zero-order chi connectivity index (χ0) is 19.4. The Morgan fingerprint density at radius 1 is 1.30 bits per heavy atom. The van der Waals surface area contributed by atoms with Gasteiger partial charge < -0.3 is 15.6 Å². The summed E-state index contributed by atoms with van der Waals surface area (Å²) in [5.74, 6) is 0.646. The van der Waals surface area contributed by atoms with Gasteiger partial charge in [-0.1, -0.05) is 6.07 Å². The Hall–Kier alpha value is -2.91. The quantitative estimate of drug-likeness (QED) is 0.646. The van der Waals surface area contributed by atoms with Crippen molar-refractivity contribution >= 4 is 27.5 Å². The molecule has 0 bridgehead atoms. The summed E-state index contributed by atoms with van der Waals surface area (Å²) in [5, 5.41) is 6.89. The maximum absolute atomic E-state index is 13.3. The van der Waals surface area contributed by atoms with Crippen LogP contribution in [0.2, 0.25) is 0 Å². The second kappa shape index (κ2) is 7.77. The summed E-state index contributed by atoms with van der Waals surface area (Å²) in [5.41, 5.74) is 8.47. The van der Waals surface area contributed by atoms with Gasteiger partial charge in [-0.25, -0.2) is 12.4 Å². The van der Waals surface area contributed by atoms with Gasteiger partial charge in [0, 0.05) is 24.4 Å². The van der Waals surface area contributed by atoms with E-state index in [0.717, 1.165) is 11.1 Å². The molecule has 9 heteroatoms. The van der Waals surface area contributed by atoms with Crippen LogP contribution in [0.4, 0.5) is 0 Å². The van der Waals surface area contributed by atoms with Crippen LogP contribution in [0.3, 0.4) is 0 Å². The molecule has 142 valence electrons. The Morgan fingerprint density at radius 2 is 2.07 bits per heavy atom. The largest absolute Gasteiger partial charge is 0.493 e. The fraction of sp³-hybridized carbons (Fsp3) is 0.222. The first kappa shape index (κ1) is 18.9. The Bertz CT molecular complexity index is 1080. The van der Waals surface area contributed by atoms with E-state index in [4.69, 9.17) is 20.4 Å². The van der Waals surface area contributed by atoms with E-state index >= 15 is 0 Å². The summed E-state index contributed by atoms with van der Waals surface area (Å²) in [7, 11) is -3.73. The van der Waals surface area contributed by atoms with E-state index in [0.29, 0.717) is 42.8 Å². The zero-order valence-electron chi connectivity index (χ0n) is 14.4. The molecule has 0 saturated heterocycles. The summed E-state index contributed by atoms with van der Waals surface area (Å²) in [4.78, 5) is 13.0. The minimum Gasteiger partial charge on any atom is -0.493 e. The van der Waals surface area contributed by atoms with Crippen molar-refractivity contribution in [2.24, 2.45) is 5.73 Å². The third kappa shape index (κ3) is 3.38. The molecule has 3 N–H and O–H groups in total. The second-order valence-corrected chi connectivity index (χ2v) is 7.59. The minimum atomic E-state index is -3.73. The third-order valence-electron chi connectivity index (χ3n) is 4.25. The highest BCUT2D eigenvalue weighted by atomic mass is 32.2. The highest BCUT2D eigenvalue weighted by molar-refractivity contribution is 7.90. The number of benzene rings is 1. The van der Waals surface area contributed by atoms with Crippen LogP contribution in [-0.2, 0) is 27.7 Å². The van der Waals surface area contributed by atoms with Gasteiger partial charge in [0.25, 0.3) is 16.5 Å². The standard InChI is InChI=1S/C17H17N3O3S.CH2O2/c18-8-6-12-11-20(14-3-2-9-19-17(12)14)24(21,22)16-5-1-4-15-13(16)7-10-23-15;2-1-3/h1-5,9,11H,6-8,10,18H2;1H,(H,2,3). The molecule has 3 aromatic rings. The molecule has 0 unspecified atom stereocenters. The average Bonchev–Trinajstić information content (AvgIpc) is 3.28. The van der Waals surface area contributed by atoms with Crippen molar-refractivity contribution in [2.75, 3.05) is 13.2 Å². The number of nitrogens with two attached hydrogens (primary N) is 1. The number of hydrogen-bond acceptors (Lipinski definition) is 6. The molecule has 0 aliphatic carbocycles. The number of aromatic nitrogens is 2. The molecule has 27 heavy (non-hydrogen) atoms. The van der Waals surface area contributed by atoms with E-state index in [1.54, 1.807) is 42.7 Å². The Balaban J connectivity index is 0.000000659. The van der Waals surface area contributed by atoms with Crippen LogP contribution < -0.4 is 10.5 Å². The molecular formula is C18H19N3O5S. The highest BCUT2D eigenvalue weighted by Gasteiger charge is 2.27. The van der Waals surface area contributed by atoms with Crippen molar-refractivity contribution in [1.29, 1.82) is 0 Å². The number of carbonyl (C=O) groups is 1. The van der Waals surface area contributed by atoms with Crippen molar-refractivity contribution in [2.45, 2.75) is 17.7 Å². The van der Waals surface area contributed by atoms with Gasteiger partial charge in [-0.15, -0.1) is 0 Å². The van der Waals surface area contributed by atoms with Crippen molar-refractivity contribution in [1.82, 2.24) is 8.96 Å². The summed E-state index contributed by atoms with van der Waals surface area (Å²) < 4.78 is 33.4. The monoisotopic (exact) mass is 389 g/mol. The van der Waals surface area contributed by atoms with Crippen LogP contribution in [0, 0.1) is 0 Å². The van der Waals surface area contributed by atoms with E-state index in [1.165, 1.54) is 3.97 Å². The smallest absolute Gasteiger partial charge is 0.290 e. The molecular weight excluding hydrogens is 370 g/mol. The average molecular weight is 389 g/mol. The van der Waals surface area contributed by atoms with Crippen molar-refractivity contribution < 1.29 is 23.1 Å². The molecule has 3 heterocycles. The van der Waals surface area contributed by atoms with Gasteiger partial charge in [0.2, 0.25) is 0 Å². The molecule has 8 nitrogen and oxygen atoms in total. The molecule has 1 aromatic carbocycles. The molecule has 0 radical (unpaired) electrons. The molecule has 1 aliphatic heterocycles. The maximum atomic E-state index is 13.3. The number of carboxylic acid groups (broad SMARTS) is 1. The SMILES string of the molecule is NCCc1cn(S(=O)(=O)c2cccc3c2CCO3)c2cccnc12.O=CO. The number of pyridine rings is 1. The van der Waals surface area contributed by atoms with Crippen LogP contribution in [0.25, 0.3) is 11.0 Å². The lowest BCUT2D eigenvalue weighted by Crippen LogP contribution is -2.14. The lowest BCUT2D eigenvalue weighted by atomic mass is 10.2. The van der Waals surface area contributed by atoms with Crippen molar-refractivity contribution in [3.05, 3.63) is 53.9 Å². The lowest BCUT2D eigenvalue weighted by Gasteiger charge is -2.10. The number of fused-ring (bicyclic) bond motifs is 2. The predicted molar refractivity (Wildman–Crippen MR) is 99.4 cm³/mol. The van der Waals surface area contributed by atoms with Crippen LogP contribution in [0.5, 0.6) is 5.75 Å². The molecule has 0 saturated carbocycles. The predicted octanol–water partition coefficient (Wildman–Crippen LogP) is 1.41. The van der Waals surface area contributed by atoms with E-state index in [1.807, 2.05) is 0 Å². The van der Waals surface area contributed by atoms with Gasteiger partial charge in [0.15, 0.2) is 0 Å². The number of ether oxygens (including phenoxy) is 1. The van der Waals surface area contributed by atoms with Gasteiger partial charge in [0.05, 0.1) is 22.5 Å². The van der Waals surface area contributed by atoms with Crippen molar-refractivity contribution in [3.63, 3.8) is 0 Å². The molecule has 2 aromatic heterocycles. The molecule has 4 rings (SSSR count). The molecule has 0 amide bonds. The zero-order valence-corrected chi connectivity index (χ0v) is 15.2. The molecule has 1 aliphatic rings. The first-order valence-corrected chi connectivity index (χ1v) is 9.71. The van der Waals surface area contributed by atoms with Crippen LogP contribution >= 0.6 is 0 Å². The Kier molecular flexibility index (Phi) is 5.43.